The molecule has 0 amide bonds. The van der Waals surface area contributed by atoms with Gasteiger partial charge in [-0.05, 0) is 31.9 Å². The molecule has 0 aliphatic carbocycles. The van der Waals surface area contributed by atoms with Crippen molar-refractivity contribution in [1.82, 2.24) is 10.2 Å². The maximum absolute atomic E-state index is 4.30. The van der Waals surface area contributed by atoms with Crippen molar-refractivity contribution in [3.63, 3.8) is 0 Å². The summed E-state index contributed by atoms with van der Waals surface area (Å²) in [6, 6.07) is 8.37. The molecule has 1 N–H and O–H groups in total. The Bertz CT molecular complexity index is 530. The third-order valence-electron chi connectivity index (χ3n) is 3.08. The third kappa shape index (κ3) is 2.13. The normalized spacial score (nSPS) is 10.4. The topological polar surface area (TPSA) is 37.8 Å². The van der Waals surface area contributed by atoms with Crippen LogP contribution < -0.4 is 5.32 Å². The van der Waals surface area contributed by atoms with Gasteiger partial charge in [-0.15, -0.1) is 10.2 Å². The van der Waals surface area contributed by atoms with Gasteiger partial charge in [0.1, 0.15) is 0 Å². The van der Waals surface area contributed by atoms with Crippen molar-refractivity contribution in [2.24, 2.45) is 0 Å². The van der Waals surface area contributed by atoms with E-state index >= 15 is 0 Å². The molecule has 1 aromatic heterocycles. The van der Waals surface area contributed by atoms with Gasteiger partial charge in [0, 0.05) is 12.6 Å². The van der Waals surface area contributed by atoms with Crippen LogP contribution in [0.3, 0.4) is 0 Å². The molecule has 0 atom stereocenters. The van der Waals surface area contributed by atoms with Crippen molar-refractivity contribution >= 4 is 5.82 Å². The van der Waals surface area contributed by atoms with Crippen molar-refractivity contribution < 1.29 is 0 Å². The Morgan fingerprint density at radius 2 is 1.53 bits per heavy atom. The van der Waals surface area contributed by atoms with Crippen LogP contribution in [0.1, 0.15) is 16.7 Å². The molecule has 1 heterocycles. The van der Waals surface area contributed by atoms with Gasteiger partial charge < -0.3 is 5.32 Å². The van der Waals surface area contributed by atoms with Gasteiger partial charge in [0.2, 0.25) is 0 Å². The van der Waals surface area contributed by atoms with Crippen LogP contribution in [0.25, 0.3) is 11.3 Å². The van der Waals surface area contributed by atoms with E-state index in [2.05, 4.69) is 60.6 Å². The largest absolute Gasteiger partial charge is 0.371 e. The van der Waals surface area contributed by atoms with Crippen molar-refractivity contribution in [1.29, 1.82) is 0 Å². The van der Waals surface area contributed by atoms with Gasteiger partial charge in [-0.1, -0.05) is 29.8 Å². The Morgan fingerprint density at radius 3 is 2.12 bits per heavy atom. The van der Waals surface area contributed by atoms with Crippen LogP contribution in [0.4, 0.5) is 5.82 Å². The summed E-state index contributed by atoms with van der Waals surface area (Å²) in [7, 11) is 1.86. The first kappa shape index (κ1) is 11.6. The van der Waals surface area contributed by atoms with Crippen molar-refractivity contribution in [3.05, 3.63) is 41.0 Å². The number of aryl methyl sites for hydroxylation is 1. The second-order valence-electron chi connectivity index (χ2n) is 4.26. The van der Waals surface area contributed by atoms with Gasteiger partial charge in [-0.2, -0.15) is 0 Å². The highest BCUT2D eigenvalue weighted by Gasteiger charge is 2.09. The second kappa shape index (κ2) is 4.53. The van der Waals surface area contributed by atoms with Crippen LogP contribution in [0.15, 0.2) is 24.3 Å². The highest BCUT2D eigenvalue weighted by Crippen LogP contribution is 2.25. The van der Waals surface area contributed by atoms with Crippen molar-refractivity contribution in [2.45, 2.75) is 20.8 Å². The van der Waals surface area contributed by atoms with E-state index in [1.807, 2.05) is 7.05 Å². The Balaban J connectivity index is 2.53. The first-order valence-electron chi connectivity index (χ1n) is 5.72. The van der Waals surface area contributed by atoms with E-state index in [1.165, 1.54) is 11.1 Å². The molecule has 88 valence electrons. The number of hydrogen-bond donors (Lipinski definition) is 1. The number of hydrogen-bond acceptors (Lipinski definition) is 3. The van der Waals surface area contributed by atoms with E-state index < -0.39 is 0 Å². The Morgan fingerprint density at radius 1 is 0.882 bits per heavy atom. The van der Waals surface area contributed by atoms with Crippen LogP contribution in [-0.2, 0) is 0 Å². The molecule has 1 aromatic carbocycles. The van der Waals surface area contributed by atoms with Gasteiger partial charge in [-0.25, -0.2) is 0 Å². The number of anilines is 1. The van der Waals surface area contributed by atoms with Gasteiger partial charge in [0.25, 0.3) is 0 Å². The molecule has 2 aromatic rings. The number of nitrogens with one attached hydrogen (secondary N) is 1. The first-order chi connectivity index (χ1) is 8.13. The summed E-state index contributed by atoms with van der Waals surface area (Å²) >= 11 is 0. The summed E-state index contributed by atoms with van der Waals surface area (Å²) in [4.78, 5) is 0. The minimum absolute atomic E-state index is 0.846. The summed E-state index contributed by atoms with van der Waals surface area (Å²) in [5.41, 5.74) is 5.65. The van der Waals surface area contributed by atoms with Gasteiger partial charge in [0.15, 0.2) is 5.82 Å². The molecular weight excluding hydrogens is 210 g/mol. The first-order valence-corrected chi connectivity index (χ1v) is 5.72. The van der Waals surface area contributed by atoms with Crippen molar-refractivity contribution in [2.75, 3.05) is 12.4 Å². The van der Waals surface area contributed by atoms with Crippen LogP contribution in [0, 0.1) is 20.8 Å². The lowest BCUT2D eigenvalue weighted by molar-refractivity contribution is 1.00. The van der Waals surface area contributed by atoms with Crippen molar-refractivity contribution in [3.8, 4) is 11.3 Å². The lowest BCUT2D eigenvalue weighted by atomic mass is 10.0. The minimum Gasteiger partial charge on any atom is -0.371 e. The monoisotopic (exact) mass is 227 g/mol. The molecule has 17 heavy (non-hydrogen) atoms. The molecule has 0 aliphatic rings. The zero-order chi connectivity index (χ0) is 12.4. The van der Waals surface area contributed by atoms with E-state index in [9.17, 15) is 0 Å². The average Bonchev–Trinajstić information content (AvgIpc) is 2.34. The molecule has 2 rings (SSSR count). The molecule has 3 heteroatoms. The summed E-state index contributed by atoms with van der Waals surface area (Å²) in [5, 5.41) is 11.5. The van der Waals surface area contributed by atoms with E-state index in [-0.39, 0.29) is 0 Å². The highest BCUT2D eigenvalue weighted by atomic mass is 15.2. The van der Waals surface area contributed by atoms with Gasteiger partial charge >= 0.3 is 0 Å². The fourth-order valence-corrected chi connectivity index (χ4v) is 1.83. The Kier molecular flexibility index (Phi) is 3.09. The summed E-state index contributed by atoms with van der Waals surface area (Å²) in [6.07, 6.45) is 0. The van der Waals surface area contributed by atoms with E-state index in [0.717, 1.165) is 22.6 Å². The lowest BCUT2D eigenvalue weighted by Crippen LogP contribution is -2.02. The molecule has 0 aliphatic heterocycles. The SMILES string of the molecule is CNc1nnc(-c2ccc(C)cc2)c(C)c1C. The smallest absolute Gasteiger partial charge is 0.151 e. The van der Waals surface area contributed by atoms with Crippen LogP contribution in [0.5, 0.6) is 0 Å². The fourth-order valence-electron chi connectivity index (χ4n) is 1.83. The number of nitrogens with zero attached hydrogens (tertiary/aromatic N) is 2. The molecule has 0 saturated carbocycles. The van der Waals surface area contributed by atoms with Gasteiger partial charge in [-0.3, -0.25) is 0 Å². The lowest BCUT2D eigenvalue weighted by Gasteiger charge is -2.10. The third-order valence-corrected chi connectivity index (χ3v) is 3.08. The predicted octanol–water partition coefficient (Wildman–Crippen LogP) is 3.11. The van der Waals surface area contributed by atoms with Crippen LogP contribution >= 0.6 is 0 Å². The molecule has 0 saturated heterocycles. The number of aromatic nitrogens is 2. The quantitative estimate of drug-likeness (QED) is 0.856. The Hall–Kier alpha value is -1.90. The standard InChI is InChI=1S/C14H17N3/c1-9-5-7-12(8-6-9)13-10(2)11(3)14(15-4)17-16-13/h5-8H,1-4H3,(H,15,17). The maximum atomic E-state index is 4.30. The van der Waals surface area contributed by atoms with Crippen LogP contribution in [-0.4, -0.2) is 17.2 Å². The molecule has 0 fully saturated rings. The van der Waals surface area contributed by atoms with Crippen LogP contribution in [0.2, 0.25) is 0 Å². The fraction of sp³-hybridized carbons (Fsp3) is 0.286. The highest BCUT2D eigenvalue weighted by molar-refractivity contribution is 5.66. The number of benzene rings is 1. The summed E-state index contributed by atoms with van der Waals surface area (Å²) < 4.78 is 0. The molecule has 0 radical (unpaired) electrons. The summed E-state index contributed by atoms with van der Waals surface area (Å²) in [5.74, 6) is 0.846. The van der Waals surface area contributed by atoms with E-state index in [0.29, 0.717) is 0 Å². The molecule has 0 unspecified atom stereocenters. The molecule has 0 bridgehead atoms. The predicted molar refractivity (Wildman–Crippen MR) is 71.2 cm³/mol. The zero-order valence-corrected chi connectivity index (χ0v) is 10.7. The molecular formula is C14H17N3. The van der Waals surface area contributed by atoms with Gasteiger partial charge in [0.05, 0.1) is 5.69 Å². The second-order valence-corrected chi connectivity index (χ2v) is 4.26. The maximum Gasteiger partial charge on any atom is 0.151 e. The summed E-state index contributed by atoms with van der Waals surface area (Å²) in [6.45, 7) is 6.23. The van der Waals surface area contributed by atoms with E-state index in [4.69, 9.17) is 0 Å². The Labute approximate surface area is 102 Å². The minimum atomic E-state index is 0.846. The molecule has 0 spiro atoms. The number of rotatable bonds is 2. The average molecular weight is 227 g/mol. The molecule has 3 nitrogen and oxygen atoms in total. The zero-order valence-electron chi connectivity index (χ0n) is 10.7. The van der Waals surface area contributed by atoms with E-state index in [1.54, 1.807) is 0 Å².